The molecule has 0 atom stereocenters. The molecule has 0 unspecified atom stereocenters. The van der Waals surface area contributed by atoms with Crippen LogP contribution in [0, 0.1) is 6.92 Å². The largest absolute Gasteiger partial charge is 0.465 e. The molecule has 0 aliphatic heterocycles. The van der Waals surface area contributed by atoms with Gasteiger partial charge < -0.3 is 14.0 Å². The Bertz CT molecular complexity index is 1370. The van der Waals surface area contributed by atoms with Crippen LogP contribution in [0.25, 0.3) is 22.5 Å². The van der Waals surface area contributed by atoms with E-state index in [1.807, 2.05) is 42.5 Å². The van der Waals surface area contributed by atoms with Crippen LogP contribution >= 0.6 is 11.6 Å². The van der Waals surface area contributed by atoms with E-state index in [1.165, 1.54) is 13.3 Å². The van der Waals surface area contributed by atoms with Crippen molar-refractivity contribution in [1.29, 1.82) is 0 Å². The Morgan fingerprint density at radius 3 is 2.63 bits per heavy atom. The normalized spacial score (nSPS) is 10.6. The Morgan fingerprint density at radius 2 is 1.83 bits per heavy atom. The van der Waals surface area contributed by atoms with Gasteiger partial charge in [-0.2, -0.15) is 0 Å². The van der Waals surface area contributed by atoms with Crippen molar-refractivity contribution in [2.24, 2.45) is 0 Å². The molecule has 0 bridgehead atoms. The zero-order valence-corrected chi connectivity index (χ0v) is 19.8. The van der Waals surface area contributed by atoms with Gasteiger partial charge in [0.15, 0.2) is 5.76 Å². The summed E-state index contributed by atoms with van der Waals surface area (Å²) in [6.45, 7) is 1.88. The number of anilines is 1. The number of carbonyl (C=O) groups excluding carboxylic acids is 2. The molecule has 2 heterocycles. The first-order valence-electron chi connectivity index (χ1n) is 10.7. The molecule has 1 N–H and O–H groups in total. The molecule has 35 heavy (non-hydrogen) atoms. The van der Waals surface area contributed by atoms with Crippen LogP contribution in [-0.4, -0.2) is 35.9 Å². The molecule has 4 rings (SSSR count). The fourth-order valence-corrected chi connectivity index (χ4v) is 3.70. The number of hydrogen-bond acceptors (Lipinski definition) is 7. The number of aromatic nitrogens is 2. The van der Waals surface area contributed by atoms with E-state index in [0.29, 0.717) is 39.7 Å². The first-order valence-corrected chi connectivity index (χ1v) is 11.1. The molecule has 2 aromatic carbocycles. The van der Waals surface area contributed by atoms with E-state index < -0.39 is 12.1 Å². The Labute approximate surface area is 206 Å². The number of nitrogens with zero attached hydrogens (tertiary/aromatic N) is 2. The zero-order valence-electron chi connectivity index (χ0n) is 19.1. The molecule has 8 nitrogen and oxygen atoms in total. The summed E-state index contributed by atoms with van der Waals surface area (Å²) in [6, 6.07) is 16.5. The summed E-state index contributed by atoms with van der Waals surface area (Å²) in [6.07, 6.45) is 2.95. The maximum absolute atomic E-state index is 12.5. The number of methoxy groups -OCH3 is 1. The van der Waals surface area contributed by atoms with Gasteiger partial charge in [-0.25, -0.2) is 9.59 Å². The number of halogens is 1. The number of pyridine rings is 1. The molecular weight excluding hydrogens is 470 g/mol. The second-order valence-corrected chi connectivity index (χ2v) is 8.02. The summed E-state index contributed by atoms with van der Waals surface area (Å²) in [7, 11) is 1.32. The minimum Gasteiger partial charge on any atom is -0.465 e. The highest BCUT2D eigenvalue weighted by molar-refractivity contribution is 6.31. The fourth-order valence-electron chi connectivity index (χ4n) is 3.47. The minimum atomic E-state index is -0.629. The first-order chi connectivity index (χ1) is 17.0. The second-order valence-electron chi connectivity index (χ2n) is 7.61. The number of rotatable bonds is 7. The molecule has 9 heteroatoms. The predicted molar refractivity (Wildman–Crippen MR) is 131 cm³/mol. The van der Waals surface area contributed by atoms with Crippen LogP contribution in [0.4, 0.5) is 10.5 Å². The van der Waals surface area contributed by atoms with Crippen molar-refractivity contribution in [1.82, 2.24) is 10.1 Å². The lowest BCUT2D eigenvalue weighted by Gasteiger charge is -2.09. The van der Waals surface area contributed by atoms with Crippen molar-refractivity contribution in [2.45, 2.75) is 13.3 Å². The Morgan fingerprint density at radius 1 is 1.03 bits per heavy atom. The van der Waals surface area contributed by atoms with Crippen molar-refractivity contribution >= 4 is 29.4 Å². The first kappa shape index (κ1) is 24.0. The molecular formula is C26H22ClN3O5. The fraction of sp³-hybridized carbons (Fsp3) is 0.154. The van der Waals surface area contributed by atoms with Gasteiger partial charge in [0.25, 0.3) is 0 Å². The second kappa shape index (κ2) is 10.8. The number of nitrogens with one attached hydrogen (secondary N) is 1. The molecule has 0 aliphatic carbocycles. The maximum Gasteiger partial charge on any atom is 0.411 e. The van der Waals surface area contributed by atoms with Crippen LogP contribution in [0.1, 0.15) is 21.6 Å². The molecule has 0 spiro atoms. The number of hydrogen-bond donors (Lipinski definition) is 1. The number of amides is 1. The summed E-state index contributed by atoms with van der Waals surface area (Å²) >= 11 is 6.15. The molecule has 0 saturated carbocycles. The number of aryl methyl sites for hydroxylation is 1. The lowest BCUT2D eigenvalue weighted by molar-refractivity contribution is 0.0600. The molecule has 0 saturated heterocycles. The SMILES string of the molecule is COC(=O)c1cncc(-c2cccc(-c3onc(C)c3NC(=O)OCCc3ccccc3Cl)c2)c1. The van der Waals surface area contributed by atoms with E-state index in [2.05, 4.69) is 15.5 Å². The zero-order chi connectivity index (χ0) is 24.8. The molecule has 1 amide bonds. The van der Waals surface area contributed by atoms with Crippen LogP contribution in [0.5, 0.6) is 0 Å². The van der Waals surface area contributed by atoms with Crippen LogP contribution in [0.15, 0.2) is 71.5 Å². The number of benzene rings is 2. The van der Waals surface area contributed by atoms with E-state index in [0.717, 1.165) is 16.7 Å². The smallest absolute Gasteiger partial charge is 0.411 e. The number of esters is 1. The van der Waals surface area contributed by atoms with E-state index in [-0.39, 0.29) is 6.61 Å². The van der Waals surface area contributed by atoms with Crippen molar-refractivity contribution in [3.8, 4) is 22.5 Å². The predicted octanol–water partition coefficient (Wildman–Crippen LogP) is 5.94. The van der Waals surface area contributed by atoms with Gasteiger partial charge in [0.2, 0.25) is 0 Å². The van der Waals surface area contributed by atoms with Gasteiger partial charge in [0.1, 0.15) is 11.4 Å². The molecule has 2 aromatic heterocycles. The minimum absolute atomic E-state index is 0.161. The topological polar surface area (TPSA) is 104 Å². The molecule has 0 fully saturated rings. The summed E-state index contributed by atoms with van der Waals surface area (Å²) < 4.78 is 15.6. The van der Waals surface area contributed by atoms with Crippen molar-refractivity contribution in [2.75, 3.05) is 19.0 Å². The molecule has 4 aromatic rings. The van der Waals surface area contributed by atoms with E-state index >= 15 is 0 Å². The lowest BCUT2D eigenvalue weighted by Crippen LogP contribution is -2.16. The maximum atomic E-state index is 12.5. The van der Waals surface area contributed by atoms with Crippen LogP contribution < -0.4 is 5.32 Å². The average molecular weight is 492 g/mol. The van der Waals surface area contributed by atoms with Gasteiger partial charge in [-0.3, -0.25) is 10.3 Å². The highest BCUT2D eigenvalue weighted by atomic mass is 35.5. The van der Waals surface area contributed by atoms with Crippen LogP contribution in [0.3, 0.4) is 0 Å². The van der Waals surface area contributed by atoms with Gasteiger partial charge in [0, 0.05) is 35.0 Å². The Hall–Kier alpha value is -4.17. The highest BCUT2D eigenvalue weighted by Gasteiger charge is 2.19. The number of ether oxygens (including phenoxy) is 2. The summed E-state index contributed by atoms with van der Waals surface area (Å²) in [5.41, 5.74) is 4.34. The third-order valence-corrected chi connectivity index (χ3v) is 5.64. The van der Waals surface area contributed by atoms with Gasteiger partial charge in [-0.1, -0.05) is 53.2 Å². The van der Waals surface area contributed by atoms with E-state index in [1.54, 1.807) is 25.3 Å². The van der Waals surface area contributed by atoms with Gasteiger partial charge >= 0.3 is 12.1 Å². The lowest BCUT2D eigenvalue weighted by atomic mass is 10.0. The highest BCUT2D eigenvalue weighted by Crippen LogP contribution is 2.33. The Kier molecular flexibility index (Phi) is 7.42. The van der Waals surface area contributed by atoms with Crippen molar-refractivity contribution < 1.29 is 23.6 Å². The summed E-state index contributed by atoms with van der Waals surface area (Å²) in [4.78, 5) is 28.4. The van der Waals surface area contributed by atoms with Crippen LogP contribution in [-0.2, 0) is 15.9 Å². The van der Waals surface area contributed by atoms with Gasteiger partial charge in [0.05, 0.1) is 19.3 Å². The van der Waals surface area contributed by atoms with Crippen LogP contribution in [0.2, 0.25) is 5.02 Å². The summed E-state index contributed by atoms with van der Waals surface area (Å²) in [5, 5.41) is 7.35. The van der Waals surface area contributed by atoms with Crippen molar-refractivity contribution in [3.05, 3.63) is 88.8 Å². The summed E-state index contributed by atoms with van der Waals surface area (Å²) in [5.74, 6) is -0.0922. The quantitative estimate of drug-likeness (QED) is 0.319. The monoisotopic (exact) mass is 491 g/mol. The van der Waals surface area contributed by atoms with E-state index in [9.17, 15) is 9.59 Å². The third kappa shape index (κ3) is 5.67. The average Bonchev–Trinajstić information content (AvgIpc) is 3.24. The third-order valence-electron chi connectivity index (χ3n) is 5.27. The number of carbonyl (C=O) groups is 2. The molecule has 0 radical (unpaired) electrons. The molecule has 0 aliphatic rings. The molecule has 178 valence electrons. The standard InChI is InChI=1S/C26H22ClN3O5/c1-16-23(29-26(32)34-11-10-17-6-3-4-9-22(17)27)24(35-30-16)19-8-5-7-18(12-19)20-13-21(15-28-14-20)25(31)33-2/h3-9,12-15H,10-11H2,1-2H3,(H,29,32). The van der Waals surface area contributed by atoms with E-state index in [4.69, 9.17) is 25.6 Å². The van der Waals surface area contributed by atoms with Crippen molar-refractivity contribution in [3.63, 3.8) is 0 Å². The van der Waals surface area contributed by atoms with Gasteiger partial charge in [-0.05, 0) is 36.2 Å². The van der Waals surface area contributed by atoms with Gasteiger partial charge in [-0.15, -0.1) is 0 Å². The Balaban J connectivity index is 1.50.